The van der Waals surface area contributed by atoms with Crippen LogP contribution >= 0.6 is 11.6 Å². The predicted octanol–water partition coefficient (Wildman–Crippen LogP) is 2.45. The van der Waals surface area contributed by atoms with Crippen molar-refractivity contribution in [3.63, 3.8) is 0 Å². The molecule has 0 saturated carbocycles. The molecule has 1 aliphatic heterocycles. The number of aliphatic hydroxyl groups is 1. The summed E-state index contributed by atoms with van der Waals surface area (Å²) in [5.74, 6) is -0.292. The highest BCUT2D eigenvalue weighted by atomic mass is 35.5. The third-order valence-corrected chi connectivity index (χ3v) is 5.41. The fraction of sp³-hybridized carbons (Fsp3) is 0.364. The van der Waals surface area contributed by atoms with Gasteiger partial charge in [-0.2, -0.15) is 0 Å². The number of nitrogens with one attached hydrogen (secondary N) is 1. The van der Waals surface area contributed by atoms with Gasteiger partial charge in [-0.1, -0.05) is 18.2 Å². The number of hydrogen-bond acceptors (Lipinski definition) is 6. The third-order valence-electron chi connectivity index (χ3n) is 5.05. The van der Waals surface area contributed by atoms with Crippen molar-refractivity contribution in [1.82, 2.24) is 4.90 Å². The minimum absolute atomic E-state index is 0.0277. The van der Waals surface area contributed by atoms with Gasteiger partial charge >= 0.3 is 5.97 Å². The zero-order valence-corrected chi connectivity index (χ0v) is 17.6. The van der Waals surface area contributed by atoms with E-state index in [-0.39, 0.29) is 18.3 Å². The van der Waals surface area contributed by atoms with E-state index < -0.39 is 12.1 Å². The van der Waals surface area contributed by atoms with Crippen LogP contribution in [0.2, 0.25) is 0 Å². The fourth-order valence-electron chi connectivity index (χ4n) is 3.39. The average molecular weight is 432 g/mol. The molecule has 0 aromatic heterocycles. The van der Waals surface area contributed by atoms with Crippen LogP contribution in [-0.2, 0) is 4.74 Å². The van der Waals surface area contributed by atoms with Crippen molar-refractivity contribution in [3.8, 4) is 0 Å². The lowest BCUT2D eigenvalue weighted by atomic mass is 10.1. The number of hydrogen-bond donors (Lipinski definition) is 2. The van der Waals surface area contributed by atoms with Crippen LogP contribution in [0.1, 0.15) is 20.7 Å². The largest absolute Gasteiger partial charge is 0.465 e. The SMILES string of the molecule is COC(=O)c1ccc(N2CCN(C(=O)c3ccccc3)CC2)c(NCC(O)CCl)c1. The standard InChI is InChI=1S/C22H26ClN3O4/c1-30-22(29)17-7-8-20(19(13-17)24-15-18(27)14-23)25-9-11-26(12-10-25)21(28)16-5-3-2-4-6-16/h2-8,13,18,24,27H,9-12,14-15H2,1H3. The number of carbonyl (C=O) groups excluding carboxylic acids is 2. The lowest BCUT2D eigenvalue weighted by Gasteiger charge is -2.37. The van der Waals surface area contributed by atoms with E-state index in [1.807, 2.05) is 41.3 Å². The van der Waals surface area contributed by atoms with Crippen LogP contribution in [0.5, 0.6) is 0 Å². The lowest BCUT2D eigenvalue weighted by molar-refractivity contribution is 0.0600. The molecule has 7 nitrogen and oxygen atoms in total. The van der Waals surface area contributed by atoms with Gasteiger partial charge in [0.15, 0.2) is 0 Å². The maximum atomic E-state index is 12.7. The molecule has 0 aliphatic carbocycles. The molecule has 1 fully saturated rings. The van der Waals surface area contributed by atoms with Crippen molar-refractivity contribution in [3.05, 3.63) is 59.7 Å². The summed E-state index contributed by atoms with van der Waals surface area (Å²) in [4.78, 5) is 28.6. The van der Waals surface area contributed by atoms with Crippen LogP contribution in [0.25, 0.3) is 0 Å². The Hall–Kier alpha value is -2.77. The number of esters is 1. The van der Waals surface area contributed by atoms with Gasteiger partial charge in [-0.15, -0.1) is 11.6 Å². The minimum atomic E-state index is -0.707. The maximum Gasteiger partial charge on any atom is 0.337 e. The molecular weight excluding hydrogens is 406 g/mol. The number of nitrogens with zero attached hydrogens (tertiary/aromatic N) is 2. The van der Waals surface area contributed by atoms with Gasteiger partial charge < -0.3 is 25.0 Å². The number of methoxy groups -OCH3 is 1. The van der Waals surface area contributed by atoms with Gasteiger partial charge in [0.25, 0.3) is 5.91 Å². The molecule has 1 unspecified atom stereocenters. The second-order valence-corrected chi connectivity index (χ2v) is 7.37. The number of ether oxygens (including phenoxy) is 1. The van der Waals surface area contributed by atoms with E-state index in [0.29, 0.717) is 43.0 Å². The van der Waals surface area contributed by atoms with Gasteiger partial charge in [0, 0.05) is 38.3 Å². The van der Waals surface area contributed by atoms with Gasteiger partial charge in [-0.3, -0.25) is 4.79 Å². The van der Waals surface area contributed by atoms with Crippen LogP contribution in [0.3, 0.4) is 0 Å². The van der Waals surface area contributed by atoms with Crippen molar-refractivity contribution in [2.45, 2.75) is 6.10 Å². The molecule has 0 radical (unpaired) electrons. The second-order valence-electron chi connectivity index (χ2n) is 7.06. The van der Waals surface area contributed by atoms with Crippen molar-refractivity contribution in [2.24, 2.45) is 0 Å². The number of aliphatic hydroxyl groups excluding tert-OH is 1. The first-order valence-electron chi connectivity index (χ1n) is 9.83. The molecule has 0 bridgehead atoms. The van der Waals surface area contributed by atoms with Crippen molar-refractivity contribution < 1.29 is 19.4 Å². The van der Waals surface area contributed by atoms with Gasteiger partial charge in [0.2, 0.25) is 0 Å². The van der Waals surface area contributed by atoms with E-state index in [0.717, 1.165) is 5.69 Å². The molecular formula is C22H26ClN3O4. The van der Waals surface area contributed by atoms with E-state index in [2.05, 4.69) is 10.2 Å². The van der Waals surface area contributed by atoms with E-state index in [1.54, 1.807) is 12.1 Å². The number of anilines is 2. The van der Waals surface area contributed by atoms with Crippen LogP contribution < -0.4 is 10.2 Å². The van der Waals surface area contributed by atoms with Gasteiger partial charge in [0.1, 0.15) is 0 Å². The van der Waals surface area contributed by atoms with Crippen molar-refractivity contribution in [1.29, 1.82) is 0 Å². The number of alkyl halides is 1. The Kier molecular flexibility index (Phi) is 7.54. The Morgan fingerprint density at radius 3 is 2.43 bits per heavy atom. The molecule has 2 aromatic carbocycles. The molecule has 2 N–H and O–H groups in total. The van der Waals surface area contributed by atoms with E-state index in [9.17, 15) is 14.7 Å². The van der Waals surface area contributed by atoms with Crippen LogP contribution in [0.4, 0.5) is 11.4 Å². The highest BCUT2D eigenvalue weighted by Gasteiger charge is 2.24. The number of piperazine rings is 1. The molecule has 0 spiro atoms. The zero-order chi connectivity index (χ0) is 21.5. The Labute approximate surface area is 181 Å². The number of rotatable bonds is 7. The molecule has 1 amide bonds. The second kappa shape index (κ2) is 10.3. The molecule has 30 heavy (non-hydrogen) atoms. The Morgan fingerprint density at radius 1 is 1.10 bits per heavy atom. The average Bonchev–Trinajstić information content (AvgIpc) is 2.82. The maximum absolute atomic E-state index is 12.7. The smallest absolute Gasteiger partial charge is 0.337 e. The number of carbonyl (C=O) groups is 2. The van der Waals surface area contributed by atoms with E-state index >= 15 is 0 Å². The predicted molar refractivity (Wildman–Crippen MR) is 118 cm³/mol. The van der Waals surface area contributed by atoms with Gasteiger partial charge in [-0.05, 0) is 30.3 Å². The highest BCUT2D eigenvalue weighted by Crippen LogP contribution is 2.29. The van der Waals surface area contributed by atoms with Gasteiger partial charge in [0.05, 0.1) is 36.0 Å². The first kappa shape index (κ1) is 21.9. The summed E-state index contributed by atoms with van der Waals surface area (Å²) >= 11 is 5.70. The summed E-state index contributed by atoms with van der Waals surface area (Å²) in [6.07, 6.45) is -0.707. The van der Waals surface area contributed by atoms with Crippen molar-refractivity contribution in [2.75, 3.05) is 55.9 Å². The van der Waals surface area contributed by atoms with Crippen LogP contribution in [0, 0.1) is 0 Å². The molecule has 8 heteroatoms. The quantitative estimate of drug-likeness (QED) is 0.517. The highest BCUT2D eigenvalue weighted by molar-refractivity contribution is 6.18. The minimum Gasteiger partial charge on any atom is -0.465 e. The lowest BCUT2D eigenvalue weighted by Crippen LogP contribution is -2.49. The summed E-state index contributed by atoms with van der Waals surface area (Å²) < 4.78 is 4.81. The summed E-state index contributed by atoms with van der Waals surface area (Å²) in [6, 6.07) is 14.5. The summed E-state index contributed by atoms with van der Waals surface area (Å²) in [6.45, 7) is 2.76. The Balaban J connectivity index is 1.73. The Bertz CT molecular complexity index is 870. The first-order valence-corrected chi connectivity index (χ1v) is 10.4. The van der Waals surface area contributed by atoms with Gasteiger partial charge in [-0.25, -0.2) is 4.79 Å². The first-order chi connectivity index (χ1) is 14.5. The summed E-state index contributed by atoms with van der Waals surface area (Å²) in [5.41, 5.74) is 2.72. The topological polar surface area (TPSA) is 82.1 Å². The van der Waals surface area contributed by atoms with Crippen LogP contribution in [0.15, 0.2) is 48.5 Å². The molecule has 2 aromatic rings. The molecule has 160 valence electrons. The third kappa shape index (κ3) is 5.23. The monoisotopic (exact) mass is 431 g/mol. The zero-order valence-electron chi connectivity index (χ0n) is 16.9. The molecule has 1 atom stereocenters. The number of benzene rings is 2. The molecule has 1 heterocycles. The molecule has 3 rings (SSSR count). The molecule has 1 aliphatic rings. The number of amides is 1. The van der Waals surface area contributed by atoms with Crippen molar-refractivity contribution >= 4 is 34.9 Å². The molecule has 1 saturated heterocycles. The normalized spacial score (nSPS) is 14.9. The summed E-state index contributed by atoms with van der Waals surface area (Å²) in [5, 5.41) is 13.0. The van der Waals surface area contributed by atoms with E-state index in [4.69, 9.17) is 16.3 Å². The van der Waals surface area contributed by atoms with Crippen LogP contribution in [-0.4, -0.2) is 73.7 Å². The number of halogens is 1. The van der Waals surface area contributed by atoms with E-state index in [1.165, 1.54) is 7.11 Å². The summed E-state index contributed by atoms with van der Waals surface area (Å²) in [7, 11) is 1.34. The Morgan fingerprint density at radius 2 is 1.80 bits per heavy atom. The fourth-order valence-corrected chi connectivity index (χ4v) is 3.50.